The zero-order valence-corrected chi connectivity index (χ0v) is 8.24. The molecule has 1 rings (SSSR count). The molecule has 1 aliphatic heterocycles. The lowest BCUT2D eigenvalue weighted by atomic mass is 10.1. The molecule has 1 unspecified atom stereocenters. The van der Waals surface area contributed by atoms with Crippen molar-refractivity contribution >= 4 is 11.8 Å². The third-order valence-corrected chi connectivity index (χ3v) is 2.54. The zero-order chi connectivity index (χ0) is 10.6. The van der Waals surface area contributed by atoms with Crippen LogP contribution < -0.4 is 11.5 Å². The fourth-order valence-corrected chi connectivity index (χ4v) is 1.63. The summed E-state index contributed by atoms with van der Waals surface area (Å²) in [6.45, 7) is 1.66. The van der Waals surface area contributed by atoms with Crippen LogP contribution in [-0.2, 0) is 9.59 Å². The minimum atomic E-state index is -0.306. The van der Waals surface area contributed by atoms with Crippen molar-refractivity contribution in [3.05, 3.63) is 0 Å². The number of carbonyl (C=O) groups is 2. The van der Waals surface area contributed by atoms with Gasteiger partial charge in [0.15, 0.2) is 0 Å². The second-order valence-corrected chi connectivity index (χ2v) is 3.62. The molecule has 0 spiro atoms. The first-order valence-corrected chi connectivity index (χ1v) is 4.92. The molecule has 0 radical (unpaired) electrons. The Kier molecular flexibility index (Phi) is 3.88. The highest BCUT2D eigenvalue weighted by Crippen LogP contribution is 2.16. The van der Waals surface area contributed by atoms with Gasteiger partial charge in [-0.2, -0.15) is 0 Å². The average Bonchev–Trinajstić information content (AvgIpc) is 2.62. The molecule has 0 bridgehead atoms. The molecule has 0 saturated carbocycles. The van der Waals surface area contributed by atoms with Gasteiger partial charge in [0, 0.05) is 19.5 Å². The summed E-state index contributed by atoms with van der Waals surface area (Å²) in [5.74, 6) is -0.379. The highest BCUT2D eigenvalue weighted by molar-refractivity contribution is 5.80. The van der Waals surface area contributed by atoms with E-state index in [2.05, 4.69) is 0 Å². The molecule has 0 aromatic carbocycles. The molecule has 2 amide bonds. The predicted octanol–water partition coefficient (Wildman–Crippen LogP) is -0.941. The van der Waals surface area contributed by atoms with Gasteiger partial charge in [0.25, 0.3) is 0 Å². The van der Waals surface area contributed by atoms with Gasteiger partial charge in [0.05, 0.1) is 5.92 Å². The summed E-state index contributed by atoms with van der Waals surface area (Å²) in [4.78, 5) is 24.0. The Bertz CT molecular complexity index is 230. The Balaban J connectivity index is 2.34. The van der Waals surface area contributed by atoms with Crippen molar-refractivity contribution in [2.75, 3.05) is 19.6 Å². The van der Waals surface area contributed by atoms with Gasteiger partial charge in [-0.1, -0.05) is 0 Å². The van der Waals surface area contributed by atoms with Crippen molar-refractivity contribution in [2.45, 2.75) is 19.3 Å². The maximum Gasteiger partial charge on any atom is 0.222 e. The van der Waals surface area contributed by atoms with Crippen LogP contribution in [0.2, 0.25) is 0 Å². The van der Waals surface area contributed by atoms with Crippen LogP contribution in [0.1, 0.15) is 19.3 Å². The number of nitrogens with zero attached hydrogens (tertiary/aromatic N) is 1. The highest BCUT2D eigenvalue weighted by atomic mass is 16.2. The Morgan fingerprint density at radius 2 is 2.14 bits per heavy atom. The smallest absolute Gasteiger partial charge is 0.222 e. The second kappa shape index (κ2) is 4.95. The van der Waals surface area contributed by atoms with Gasteiger partial charge in [0.2, 0.25) is 11.8 Å². The van der Waals surface area contributed by atoms with Gasteiger partial charge >= 0.3 is 0 Å². The molecular formula is C9H17N3O2. The Morgan fingerprint density at radius 1 is 1.43 bits per heavy atom. The van der Waals surface area contributed by atoms with E-state index in [4.69, 9.17) is 11.5 Å². The van der Waals surface area contributed by atoms with Gasteiger partial charge in [-0.05, 0) is 19.4 Å². The van der Waals surface area contributed by atoms with E-state index in [0.717, 1.165) is 0 Å². The Hall–Kier alpha value is -1.10. The van der Waals surface area contributed by atoms with Gasteiger partial charge in [0.1, 0.15) is 0 Å². The van der Waals surface area contributed by atoms with Gasteiger partial charge < -0.3 is 16.4 Å². The van der Waals surface area contributed by atoms with Crippen molar-refractivity contribution in [3.8, 4) is 0 Å². The number of rotatable bonds is 4. The Labute approximate surface area is 83.4 Å². The summed E-state index contributed by atoms with van der Waals surface area (Å²) < 4.78 is 0. The van der Waals surface area contributed by atoms with E-state index < -0.39 is 0 Å². The van der Waals surface area contributed by atoms with Gasteiger partial charge in [-0.15, -0.1) is 0 Å². The van der Waals surface area contributed by atoms with E-state index in [1.54, 1.807) is 4.90 Å². The van der Waals surface area contributed by atoms with Crippen molar-refractivity contribution in [3.63, 3.8) is 0 Å². The molecule has 1 saturated heterocycles. The van der Waals surface area contributed by atoms with Crippen LogP contribution in [0.4, 0.5) is 0 Å². The molecule has 1 fully saturated rings. The molecular weight excluding hydrogens is 182 g/mol. The molecule has 1 heterocycles. The van der Waals surface area contributed by atoms with Crippen molar-refractivity contribution in [2.24, 2.45) is 17.4 Å². The fourth-order valence-electron chi connectivity index (χ4n) is 1.63. The largest absolute Gasteiger partial charge is 0.369 e. The summed E-state index contributed by atoms with van der Waals surface area (Å²) >= 11 is 0. The van der Waals surface area contributed by atoms with E-state index >= 15 is 0 Å². The minimum Gasteiger partial charge on any atom is -0.369 e. The summed E-state index contributed by atoms with van der Waals surface area (Å²) in [5.41, 5.74) is 10.5. The van der Waals surface area contributed by atoms with Crippen LogP contribution in [0, 0.1) is 5.92 Å². The van der Waals surface area contributed by atoms with E-state index in [1.807, 2.05) is 0 Å². The van der Waals surface area contributed by atoms with E-state index in [-0.39, 0.29) is 17.7 Å². The SMILES string of the molecule is NCCCC(=O)N1CCC(C(N)=O)C1. The maximum absolute atomic E-state index is 11.5. The van der Waals surface area contributed by atoms with Gasteiger partial charge in [-0.25, -0.2) is 0 Å². The van der Waals surface area contributed by atoms with Crippen LogP contribution in [0.25, 0.3) is 0 Å². The first-order valence-electron chi connectivity index (χ1n) is 4.92. The van der Waals surface area contributed by atoms with Crippen LogP contribution in [0.15, 0.2) is 0 Å². The number of nitrogens with two attached hydrogens (primary N) is 2. The number of primary amides is 1. The number of likely N-dealkylation sites (tertiary alicyclic amines) is 1. The fraction of sp³-hybridized carbons (Fsp3) is 0.778. The van der Waals surface area contributed by atoms with Crippen LogP contribution in [-0.4, -0.2) is 36.3 Å². The summed E-state index contributed by atoms with van der Waals surface area (Å²) in [7, 11) is 0. The monoisotopic (exact) mass is 199 g/mol. The van der Waals surface area contributed by atoms with Crippen molar-refractivity contribution in [1.29, 1.82) is 0 Å². The van der Waals surface area contributed by atoms with Crippen molar-refractivity contribution in [1.82, 2.24) is 4.90 Å². The average molecular weight is 199 g/mol. The topological polar surface area (TPSA) is 89.4 Å². The van der Waals surface area contributed by atoms with Crippen LogP contribution >= 0.6 is 0 Å². The quantitative estimate of drug-likeness (QED) is 0.612. The summed E-state index contributed by atoms with van der Waals surface area (Å²) in [6.07, 6.45) is 1.88. The van der Waals surface area contributed by atoms with Crippen LogP contribution in [0.5, 0.6) is 0 Å². The van der Waals surface area contributed by atoms with Gasteiger partial charge in [-0.3, -0.25) is 9.59 Å². The third-order valence-electron chi connectivity index (χ3n) is 2.54. The standard InChI is InChI=1S/C9H17N3O2/c10-4-1-2-8(13)12-5-3-7(6-12)9(11)14/h7H,1-6,10H2,(H2,11,14). The van der Waals surface area contributed by atoms with Crippen LogP contribution in [0.3, 0.4) is 0 Å². The number of hydrogen-bond acceptors (Lipinski definition) is 3. The summed E-state index contributed by atoms with van der Waals surface area (Å²) in [6, 6.07) is 0. The van der Waals surface area contributed by atoms with E-state index in [0.29, 0.717) is 38.9 Å². The zero-order valence-electron chi connectivity index (χ0n) is 8.24. The second-order valence-electron chi connectivity index (χ2n) is 3.62. The van der Waals surface area contributed by atoms with Crippen molar-refractivity contribution < 1.29 is 9.59 Å². The van der Waals surface area contributed by atoms with E-state index in [1.165, 1.54) is 0 Å². The molecule has 0 aromatic rings. The lowest BCUT2D eigenvalue weighted by Gasteiger charge is -2.15. The molecule has 1 aliphatic rings. The molecule has 14 heavy (non-hydrogen) atoms. The molecule has 0 aliphatic carbocycles. The first-order chi connectivity index (χ1) is 6.65. The first kappa shape index (κ1) is 11.0. The summed E-state index contributed by atoms with van der Waals surface area (Å²) in [5, 5.41) is 0. The molecule has 0 aromatic heterocycles. The highest BCUT2D eigenvalue weighted by Gasteiger charge is 2.28. The van der Waals surface area contributed by atoms with E-state index in [9.17, 15) is 9.59 Å². The predicted molar refractivity (Wildman–Crippen MR) is 52.2 cm³/mol. The molecule has 80 valence electrons. The number of carbonyl (C=O) groups excluding carboxylic acids is 2. The number of hydrogen-bond donors (Lipinski definition) is 2. The third kappa shape index (κ3) is 2.70. The molecule has 1 atom stereocenters. The lowest BCUT2D eigenvalue weighted by molar-refractivity contribution is -0.130. The number of amides is 2. The lowest BCUT2D eigenvalue weighted by Crippen LogP contribution is -2.31. The Morgan fingerprint density at radius 3 is 2.64 bits per heavy atom. The molecule has 4 N–H and O–H groups in total. The maximum atomic E-state index is 11.5. The normalized spacial score (nSPS) is 21.2. The minimum absolute atomic E-state index is 0.0826. The molecule has 5 heteroatoms. The molecule has 5 nitrogen and oxygen atoms in total.